The normalized spacial score (nSPS) is 15.9. The van der Waals surface area contributed by atoms with Gasteiger partial charge in [-0.25, -0.2) is 4.79 Å². The van der Waals surface area contributed by atoms with Crippen LogP contribution in [0.2, 0.25) is 0 Å². The maximum absolute atomic E-state index is 12.0. The number of aromatic amines is 1. The minimum Gasteiger partial charge on any atom is -0.354 e. The average Bonchev–Trinajstić information content (AvgIpc) is 3.12. The van der Waals surface area contributed by atoms with Gasteiger partial charge in [-0.2, -0.15) is 4.98 Å². The van der Waals surface area contributed by atoms with Crippen LogP contribution in [0.3, 0.4) is 0 Å². The van der Waals surface area contributed by atoms with Crippen molar-refractivity contribution in [2.75, 3.05) is 31.5 Å². The molecule has 8 nitrogen and oxygen atoms in total. The van der Waals surface area contributed by atoms with Gasteiger partial charge in [0.05, 0.1) is 0 Å². The first kappa shape index (κ1) is 13.9. The average molecular weight is 292 g/mol. The van der Waals surface area contributed by atoms with Gasteiger partial charge in [0, 0.05) is 27.2 Å². The van der Waals surface area contributed by atoms with E-state index in [0.717, 1.165) is 30.7 Å². The van der Waals surface area contributed by atoms with Gasteiger partial charge in [-0.05, 0) is 25.9 Å². The Hall–Kier alpha value is -2.09. The van der Waals surface area contributed by atoms with Crippen molar-refractivity contribution in [2.45, 2.75) is 12.8 Å². The third-order valence-corrected chi connectivity index (χ3v) is 4.01. The monoisotopic (exact) mass is 292 g/mol. The number of hydrogen-bond donors (Lipinski definition) is 2. The van der Waals surface area contributed by atoms with Gasteiger partial charge in [-0.15, -0.1) is 0 Å². The van der Waals surface area contributed by atoms with Crippen molar-refractivity contribution in [3.63, 3.8) is 0 Å². The van der Waals surface area contributed by atoms with Crippen LogP contribution < -0.4 is 16.6 Å². The predicted molar refractivity (Wildman–Crippen MR) is 80.7 cm³/mol. The number of likely N-dealkylation sites (tertiary alicyclic amines) is 1. The lowest BCUT2D eigenvalue weighted by molar-refractivity contribution is 0.352. The zero-order chi connectivity index (χ0) is 15.0. The van der Waals surface area contributed by atoms with E-state index in [1.807, 2.05) is 0 Å². The Balaban J connectivity index is 1.81. The molecule has 0 amide bonds. The van der Waals surface area contributed by atoms with Crippen LogP contribution in [0.5, 0.6) is 0 Å². The molecule has 1 fully saturated rings. The number of nitrogens with zero attached hydrogens (tertiary/aromatic N) is 4. The lowest BCUT2D eigenvalue weighted by Gasteiger charge is -2.14. The fraction of sp³-hybridized carbons (Fsp3) is 0.615. The van der Waals surface area contributed by atoms with Crippen LogP contribution >= 0.6 is 0 Å². The fourth-order valence-electron chi connectivity index (χ4n) is 2.75. The molecule has 1 saturated heterocycles. The summed E-state index contributed by atoms with van der Waals surface area (Å²) in [5.41, 5.74) is 0.00542. The van der Waals surface area contributed by atoms with Gasteiger partial charge >= 0.3 is 5.69 Å². The molecule has 0 spiro atoms. The Labute approximate surface area is 121 Å². The lowest BCUT2D eigenvalue weighted by atomic mass is 10.4. The summed E-state index contributed by atoms with van der Waals surface area (Å²) < 4.78 is 2.45. The van der Waals surface area contributed by atoms with E-state index in [1.165, 1.54) is 24.5 Å². The fourth-order valence-corrected chi connectivity index (χ4v) is 2.75. The Kier molecular flexibility index (Phi) is 3.54. The molecular formula is C13H20N6O2. The lowest BCUT2D eigenvalue weighted by Crippen LogP contribution is -2.36. The van der Waals surface area contributed by atoms with Crippen molar-refractivity contribution < 1.29 is 0 Å². The second-order valence-corrected chi connectivity index (χ2v) is 5.47. The summed E-state index contributed by atoms with van der Waals surface area (Å²) in [6.07, 6.45) is 2.53. The number of fused-ring (bicyclic) bond motifs is 1. The molecule has 0 aromatic carbocycles. The van der Waals surface area contributed by atoms with E-state index < -0.39 is 0 Å². The van der Waals surface area contributed by atoms with Crippen molar-refractivity contribution >= 4 is 17.1 Å². The van der Waals surface area contributed by atoms with Crippen LogP contribution in [0.25, 0.3) is 11.2 Å². The SMILES string of the molecule is Cn1c(=O)c2[nH]c(NCCN3CCCC3)nc2n(C)c1=O. The molecular weight excluding hydrogens is 272 g/mol. The summed E-state index contributed by atoms with van der Waals surface area (Å²) in [5, 5.41) is 3.18. The highest BCUT2D eigenvalue weighted by Gasteiger charge is 2.14. The highest BCUT2D eigenvalue weighted by atomic mass is 16.2. The molecule has 3 rings (SSSR count). The number of anilines is 1. The zero-order valence-corrected chi connectivity index (χ0v) is 12.3. The third kappa shape index (κ3) is 2.46. The van der Waals surface area contributed by atoms with Crippen molar-refractivity contribution in [3.8, 4) is 0 Å². The van der Waals surface area contributed by atoms with Crippen molar-refractivity contribution in [1.29, 1.82) is 0 Å². The van der Waals surface area contributed by atoms with Gasteiger partial charge in [0.2, 0.25) is 5.95 Å². The van der Waals surface area contributed by atoms with Crippen LogP contribution in [0.4, 0.5) is 5.95 Å². The first-order chi connectivity index (χ1) is 10.1. The molecule has 8 heteroatoms. The standard InChI is InChI=1S/C13H20N6O2/c1-17-10-9(11(20)18(2)13(17)21)15-12(16-10)14-5-8-19-6-3-4-7-19/h3-8H2,1-2H3,(H2,14,15,16). The maximum Gasteiger partial charge on any atom is 0.332 e. The first-order valence-electron chi connectivity index (χ1n) is 7.20. The molecule has 114 valence electrons. The topological polar surface area (TPSA) is 87.9 Å². The Morgan fingerprint density at radius 3 is 2.62 bits per heavy atom. The van der Waals surface area contributed by atoms with E-state index in [1.54, 1.807) is 7.05 Å². The van der Waals surface area contributed by atoms with E-state index >= 15 is 0 Å². The molecule has 0 aliphatic carbocycles. The van der Waals surface area contributed by atoms with Crippen LogP contribution in [0, 0.1) is 0 Å². The summed E-state index contributed by atoms with van der Waals surface area (Å²) >= 11 is 0. The molecule has 0 unspecified atom stereocenters. The number of H-pyrrole nitrogens is 1. The summed E-state index contributed by atoms with van der Waals surface area (Å²) in [6.45, 7) is 4.01. The maximum atomic E-state index is 12.0. The van der Waals surface area contributed by atoms with E-state index in [-0.39, 0.29) is 11.2 Å². The molecule has 3 heterocycles. The molecule has 1 aliphatic rings. The molecule has 0 atom stereocenters. The van der Waals surface area contributed by atoms with Gasteiger partial charge in [0.15, 0.2) is 11.2 Å². The molecule has 0 bridgehead atoms. The van der Waals surface area contributed by atoms with Gasteiger partial charge in [0.1, 0.15) is 0 Å². The quantitative estimate of drug-likeness (QED) is 0.791. The molecule has 0 radical (unpaired) electrons. The van der Waals surface area contributed by atoms with Crippen LogP contribution in [-0.4, -0.2) is 50.2 Å². The van der Waals surface area contributed by atoms with Crippen LogP contribution in [0.15, 0.2) is 9.59 Å². The number of hydrogen-bond acceptors (Lipinski definition) is 5. The first-order valence-corrected chi connectivity index (χ1v) is 7.20. The third-order valence-electron chi connectivity index (χ3n) is 4.01. The van der Waals surface area contributed by atoms with E-state index in [9.17, 15) is 9.59 Å². The highest BCUT2D eigenvalue weighted by molar-refractivity contribution is 5.72. The number of nitrogens with one attached hydrogen (secondary N) is 2. The van der Waals surface area contributed by atoms with Crippen molar-refractivity contribution in [1.82, 2.24) is 24.0 Å². The minimum atomic E-state index is -0.373. The van der Waals surface area contributed by atoms with Crippen LogP contribution in [-0.2, 0) is 14.1 Å². The van der Waals surface area contributed by atoms with Gasteiger partial charge in [-0.3, -0.25) is 13.9 Å². The Morgan fingerprint density at radius 2 is 1.90 bits per heavy atom. The number of imidazole rings is 1. The summed E-state index contributed by atoms with van der Waals surface area (Å²) in [5.74, 6) is 0.530. The van der Waals surface area contributed by atoms with E-state index in [0.29, 0.717) is 17.1 Å². The second-order valence-electron chi connectivity index (χ2n) is 5.47. The molecule has 2 aromatic heterocycles. The summed E-state index contributed by atoms with van der Waals surface area (Å²) in [6, 6.07) is 0. The zero-order valence-electron chi connectivity index (χ0n) is 12.3. The van der Waals surface area contributed by atoms with Crippen LogP contribution in [0.1, 0.15) is 12.8 Å². The largest absolute Gasteiger partial charge is 0.354 e. The van der Waals surface area contributed by atoms with E-state index in [4.69, 9.17) is 0 Å². The summed E-state index contributed by atoms with van der Waals surface area (Å²) in [7, 11) is 3.07. The minimum absolute atomic E-state index is 0.350. The molecule has 21 heavy (non-hydrogen) atoms. The van der Waals surface area contributed by atoms with Gasteiger partial charge < -0.3 is 15.2 Å². The van der Waals surface area contributed by atoms with Crippen molar-refractivity contribution in [2.24, 2.45) is 14.1 Å². The van der Waals surface area contributed by atoms with Crippen molar-refractivity contribution in [3.05, 3.63) is 20.8 Å². The number of rotatable bonds is 4. The van der Waals surface area contributed by atoms with Gasteiger partial charge in [-0.1, -0.05) is 0 Å². The number of aryl methyl sites for hydroxylation is 1. The molecule has 2 N–H and O–H groups in total. The molecule has 2 aromatic rings. The molecule has 1 aliphatic heterocycles. The Morgan fingerprint density at radius 1 is 1.19 bits per heavy atom. The molecule has 0 saturated carbocycles. The predicted octanol–water partition coefficient (Wildman–Crippen LogP) is -0.532. The summed E-state index contributed by atoms with van der Waals surface area (Å²) in [4.78, 5) is 33.5. The number of aromatic nitrogens is 4. The van der Waals surface area contributed by atoms with Gasteiger partial charge in [0.25, 0.3) is 5.56 Å². The smallest absolute Gasteiger partial charge is 0.332 e. The highest BCUT2D eigenvalue weighted by Crippen LogP contribution is 2.09. The Bertz CT molecular complexity index is 765. The second kappa shape index (κ2) is 5.36. The van der Waals surface area contributed by atoms with E-state index in [2.05, 4.69) is 20.2 Å².